The minimum atomic E-state index is -0.768. The maximum Gasteiger partial charge on any atom is 0.320 e. The molecule has 0 bridgehead atoms. The number of aromatic nitrogens is 1. The quantitative estimate of drug-likeness (QED) is 0.766. The molecule has 0 aliphatic carbocycles. The molecule has 1 aromatic heterocycles. The third kappa shape index (κ3) is 2.33. The highest BCUT2D eigenvalue weighted by Crippen LogP contribution is 2.23. The van der Waals surface area contributed by atoms with Gasteiger partial charge >= 0.3 is 5.97 Å². The van der Waals surface area contributed by atoms with E-state index in [-0.39, 0.29) is 6.04 Å². The number of aliphatic carboxylic acids is 1. The van der Waals surface area contributed by atoms with Gasteiger partial charge in [-0.15, -0.1) is 0 Å². The van der Waals surface area contributed by atoms with Crippen molar-refractivity contribution in [2.45, 2.75) is 31.3 Å². The lowest BCUT2D eigenvalue weighted by Gasteiger charge is -2.28. The molecule has 1 fully saturated rings. The first-order chi connectivity index (χ1) is 7.27. The Morgan fingerprint density at radius 3 is 3.00 bits per heavy atom. The van der Waals surface area contributed by atoms with Gasteiger partial charge in [-0.1, -0.05) is 6.07 Å². The molecule has 4 nitrogen and oxygen atoms in total. The number of nitrogens with one attached hydrogen (secondary N) is 1. The molecule has 0 saturated carbocycles. The van der Waals surface area contributed by atoms with Crippen molar-refractivity contribution < 1.29 is 9.90 Å². The fourth-order valence-electron chi connectivity index (χ4n) is 1.95. The van der Waals surface area contributed by atoms with Crippen LogP contribution in [0.25, 0.3) is 0 Å². The molecule has 4 heteroatoms. The first-order valence-corrected chi connectivity index (χ1v) is 5.17. The summed E-state index contributed by atoms with van der Waals surface area (Å²) < 4.78 is 0. The molecule has 80 valence electrons. The van der Waals surface area contributed by atoms with Gasteiger partial charge in [0.05, 0.1) is 11.7 Å². The van der Waals surface area contributed by atoms with E-state index in [2.05, 4.69) is 10.3 Å². The van der Waals surface area contributed by atoms with Crippen molar-refractivity contribution in [1.29, 1.82) is 0 Å². The summed E-state index contributed by atoms with van der Waals surface area (Å²) in [4.78, 5) is 15.1. The highest BCUT2D eigenvalue weighted by atomic mass is 16.4. The van der Waals surface area contributed by atoms with Gasteiger partial charge in [0, 0.05) is 6.20 Å². The number of carboxylic acid groups (broad SMARTS) is 1. The van der Waals surface area contributed by atoms with Gasteiger partial charge in [0.25, 0.3) is 0 Å². The van der Waals surface area contributed by atoms with Crippen LogP contribution in [0.3, 0.4) is 0 Å². The summed E-state index contributed by atoms with van der Waals surface area (Å²) in [5, 5.41) is 12.0. The van der Waals surface area contributed by atoms with Crippen molar-refractivity contribution in [2.24, 2.45) is 0 Å². The van der Waals surface area contributed by atoms with Crippen LogP contribution in [-0.4, -0.2) is 22.1 Å². The van der Waals surface area contributed by atoms with Crippen molar-refractivity contribution in [2.75, 3.05) is 0 Å². The van der Waals surface area contributed by atoms with Crippen LogP contribution >= 0.6 is 0 Å². The second kappa shape index (κ2) is 4.40. The van der Waals surface area contributed by atoms with Gasteiger partial charge < -0.3 is 5.11 Å². The van der Waals surface area contributed by atoms with Crippen LogP contribution in [0.5, 0.6) is 0 Å². The summed E-state index contributed by atoms with van der Waals surface area (Å²) in [6.45, 7) is 0. The summed E-state index contributed by atoms with van der Waals surface area (Å²) in [6, 6.07) is 5.38. The zero-order valence-electron chi connectivity index (χ0n) is 8.39. The first kappa shape index (κ1) is 10.1. The smallest absolute Gasteiger partial charge is 0.320 e. The number of carbonyl (C=O) groups is 1. The molecule has 0 aromatic carbocycles. The topological polar surface area (TPSA) is 62.2 Å². The largest absolute Gasteiger partial charge is 0.480 e. The van der Waals surface area contributed by atoms with Crippen molar-refractivity contribution in [3.8, 4) is 0 Å². The van der Waals surface area contributed by atoms with E-state index in [0.29, 0.717) is 6.42 Å². The highest BCUT2D eigenvalue weighted by molar-refractivity contribution is 5.73. The summed E-state index contributed by atoms with van der Waals surface area (Å²) >= 11 is 0. The van der Waals surface area contributed by atoms with Gasteiger partial charge in [0.15, 0.2) is 0 Å². The zero-order chi connectivity index (χ0) is 10.7. The zero-order valence-corrected chi connectivity index (χ0v) is 8.39. The second-order valence-electron chi connectivity index (χ2n) is 3.80. The summed E-state index contributed by atoms with van der Waals surface area (Å²) in [5.41, 5.74) is 0.934. The predicted molar refractivity (Wildman–Crippen MR) is 55.4 cm³/mol. The van der Waals surface area contributed by atoms with Gasteiger partial charge in [-0.05, 0) is 31.4 Å². The lowest BCUT2D eigenvalue weighted by atomic mass is 9.96. The third-order valence-corrected chi connectivity index (χ3v) is 2.73. The van der Waals surface area contributed by atoms with E-state index < -0.39 is 12.0 Å². The molecular weight excluding hydrogens is 192 g/mol. The second-order valence-corrected chi connectivity index (χ2v) is 3.80. The third-order valence-electron chi connectivity index (χ3n) is 2.73. The van der Waals surface area contributed by atoms with Crippen LogP contribution in [0.2, 0.25) is 0 Å². The maximum absolute atomic E-state index is 10.8. The molecule has 0 unspecified atom stereocenters. The molecule has 15 heavy (non-hydrogen) atoms. The molecule has 0 radical (unpaired) electrons. The fourth-order valence-corrected chi connectivity index (χ4v) is 1.95. The standard InChI is InChI=1S/C11H14N2O2/c14-11(15)10-6-3-5-9(13-10)8-4-1-2-7-12-8/h1-2,4,7,9-10,13H,3,5-6H2,(H,14,15)/t9-,10+/m1/s1. The predicted octanol–water partition coefficient (Wildman–Crippen LogP) is 1.35. The average molecular weight is 206 g/mol. The van der Waals surface area contributed by atoms with Crippen molar-refractivity contribution in [1.82, 2.24) is 10.3 Å². The van der Waals surface area contributed by atoms with Crippen LogP contribution in [0, 0.1) is 0 Å². The molecule has 2 rings (SSSR count). The van der Waals surface area contributed by atoms with E-state index in [9.17, 15) is 4.79 Å². The SMILES string of the molecule is O=C(O)[C@@H]1CCC[C@H](c2ccccn2)N1. The van der Waals surface area contributed by atoms with Crippen LogP contribution in [0.1, 0.15) is 31.0 Å². The normalized spacial score (nSPS) is 26.1. The molecular formula is C11H14N2O2. The lowest BCUT2D eigenvalue weighted by molar-refractivity contribution is -0.140. The number of nitrogens with zero attached hydrogens (tertiary/aromatic N) is 1. The monoisotopic (exact) mass is 206 g/mol. The van der Waals surface area contributed by atoms with Crippen molar-refractivity contribution in [3.63, 3.8) is 0 Å². The molecule has 0 spiro atoms. The van der Waals surface area contributed by atoms with Crippen molar-refractivity contribution >= 4 is 5.97 Å². The number of rotatable bonds is 2. The Balaban J connectivity index is 2.08. The maximum atomic E-state index is 10.8. The van der Waals surface area contributed by atoms with Crippen molar-refractivity contribution in [3.05, 3.63) is 30.1 Å². The van der Waals surface area contributed by atoms with Gasteiger partial charge in [0.2, 0.25) is 0 Å². The Bertz CT molecular complexity index is 340. The Kier molecular flexibility index (Phi) is 2.97. The number of carboxylic acids is 1. The Morgan fingerprint density at radius 2 is 2.33 bits per heavy atom. The molecule has 0 amide bonds. The fraction of sp³-hybridized carbons (Fsp3) is 0.455. The van der Waals surface area contributed by atoms with E-state index in [1.54, 1.807) is 6.20 Å². The number of hydrogen-bond donors (Lipinski definition) is 2. The highest BCUT2D eigenvalue weighted by Gasteiger charge is 2.27. The minimum Gasteiger partial charge on any atom is -0.480 e. The number of piperidine rings is 1. The Labute approximate surface area is 88.3 Å². The number of pyridine rings is 1. The first-order valence-electron chi connectivity index (χ1n) is 5.17. The summed E-state index contributed by atoms with van der Waals surface area (Å²) in [6.07, 6.45) is 4.34. The van der Waals surface area contributed by atoms with E-state index in [4.69, 9.17) is 5.11 Å². The van der Waals surface area contributed by atoms with Gasteiger partial charge in [0.1, 0.15) is 6.04 Å². The van der Waals surface area contributed by atoms with E-state index >= 15 is 0 Å². The molecule has 2 N–H and O–H groups in total. The van der Waals surface area contributed by atoms with Gasteiger partial charge in [-0.3, -0.25) is 15.1 Å². The average Bonchev–Trinajstić information content (AvgIpc) is 2.30. The van der Waals surface area contributed by atoms with E-state index in [1.165, 1.54) is 0 Å². The summed E-state index contributed by atoms with van der Waals surface area (Å²) in [7, 11) is 0. The molecule has 1 aromatic rings. The minimum absolute atomic E-state index is 0.0843. The van der Waals surface area contributed by atoms with Gasteiger partial charge in [-0.25, -0.2) is 0 Å². The Morgan fingerprint density at radius 1 is 1.47 bits per heavy atom. The van der Waals surface area contributed by atoms with Crippen LogP contribution in [-0.2, 0) is 4.79 Å². The lowest BCUT2D eigenvalue weighted by Crippen LogP contribution is -2.42. The van der Waals surface area contributed by atoms with Crippen LogP contribution in [0.4, 0.5) is 0 Å². The molecule has 1 aliphatic heterocycles. The van der Waals surface area contributed by atoms with E-state index in [0.717, 1.165) is 18.5 Å². The van der Waals surface area contributed by atoms with Crippen LogP contribution in [0.15, 0.2) is 24.4 Å². The summed E-state index contributed by atoms with van der Waals surface area (Å²) in [5.74, 6) is -0.768. The van der Waals surface area contributed by atoms with Crippen LogP contribution < -0.4 is 5.32 Å². The van der Waals surface area contributed by atoms with E-state index in [1.807, 2.05) is 18.2 Å². The van der Waals surface area contributed by atoms with Gasteiger partial charge in [-0.2, -0.15) is 0 Å². The molecule has 1 saturated heterocycles. The molecule has 2 atom stereocenters. The Hall–Kier alpha value is -1.42. The molecule has 1 aliphatic rings. The number of hydrogen-bond acceptors (Lipinski definition) is 3. The molecule has 2 heterocycles.